The number of amides is 3. The Morgan fingerprint density at radius 2 is 1.80 bits per heavy atom. The van der Waals surface area contributed by atoms with Crippen LogP contribution in [0.2, 0.25) is 0 Å². The van der Waals surface area contributed by atoms with Crippen LogP contribution in [-0.2, 0) is 14.4 Å². The van der Waals surface area contributed by atoms with Gasteiger partial charge < -0.3 is 9.80 Å². The highest BCUT2D eigenvalue weighted by molar-refractivity contribution is 6.39. The van der Waals surface area contributed by atoms with Crippen LogP contribution in [0.25, 0.3) is 0 Å². The molecular weight excluding hydrogens is 260 g/mol. The maximum atomic E-state index is 12.2. The van der Waals surface area contributed by atoms with Crippen molar-refractivity contribution in [2.45, 2.75) is 32.6 Å². The van der Waals surface area contributed by atoms with Crippen molar-refractivity contribution in [2.75, 3.05) is 26.2 Å². The van der Waals surface area contributed by atoms with Crippen molar-refractivity contribution < 1.29 is 14.4 Å². The molecule has 0 bridgehead atoms. The number of nitrogens with one attached hydrogen (secondary N) is 1. The molecule has 20 heavy (non-hydrogen) atoms. The third kappa shape index (κ3) is 3.34. The lowest BCUT2D eigenvalue weighted by molar-refractivity contribution is -0.136. The van der Waals surface area contributed by atoms with E-state index < -0.39 is 0 Å². The third-order valence-electron chi connectivity index (χ3n) is 3.53. The zero-order chi connectivity index (χ0) is 14.5. The zero-order valence-corrected chi connectivity index (χ0v) is 11.7. The number of hydrogen-bond acceptors (Lipinski definition) is 4. The van der Waals surface area contributed by atoms with Crippen LogP contribution in [-0.4, -0.2) is 59.4 Å². The summed E-state index contributed by atoms with van der Waals surface area (Å²) in [5.41, 5.74) is 2.73. The second kappa shape index (κ2) is 6.49. The number of nitrogens with zero attached hydrogens (tertiary/aromatic N) is 3. The molecule has 0 radical (unpaired) electrons. The Morgan fingerprint density at radius 1 is 1.15 bits per heavy atom. The molecule has 1 fully saturated rings. The summed E-state index contributed by atoms with van der Waals surface area (Å²) in [5, 5.41) is 3.81. The Bertz CT molecular complexity index is 439. The number of carbonyl (C=O) groups excluding carboxylic acids is 3. The lowest BCUT2D eigenvalue weighted by atomic mass is 10.1. The lowest BCUT2D eigenvalue weighted by Crippen LogP contribution is -2.52. The highest BCUT2D eigenvalue weighted by Crippen LogP contribution is 2.09. The second-order valence-corrected chi connectivity index (χ2v) is 5.02. The molecule has 0 atom stereocenters. The molecule has 2 aliphatic rings. The van der Waals surface area contributed by atoms with E-state index >= 15 is 0 Å². The summed E-state index contributed by atoms with van der Waals surface area (Å²) < 4.78 is 0. The van der Waals surface area contributed by atoms with Gasteiger partial charge in [-0.2, -0.15) is 5.10 Å². The largest absolute Gasteiger partial charge is 0.339 e. The number of carbonyl (C=O) groups is 3. The van der Waals surface area contributed by atoms with Crippen LogP contribution in [0.1, 0.15) is 32.6 Å². The van der Waals surface area contributed by atoms with Crippen LogP contribution in [0.3, 0.4) is 0 Å². The summed E-state index contributed by atoms with van der Waals surface area (Å²) in [7, 11) is 0. The summed E-state index contributed by atoms with van der Waals surface area (Å²) in [6.07, 6.45) is 2.10. The van der Waals surface area contributed by atoms with Gasteiger partial charge in [-0.1, -0.05) is 6.92 Å². The predicted molar refractivity (Wildman–Crippen MR) is 72.9 cm³/mol. The number of hydrazone groups is 1. The fraction of sp³-hybridized carbons (Fsp3) is 0.692. The molecule has 0 spiro atoms. The maximum Gasteiger partial charge on any atom is 0.270 e. The van der Waals surface area contributed by atoms with Crippen molar-refractivity contribution in [2.24, 2.45) is 5.10 Å². The minimum atomic E-state index is -0.156. The van der Waals surface area contributed by atoms with Crippen molar-refractivity contribution in [1.29, 1.82) is 0 Å². The molecule has 0 aromatic heterocycles. The number of hydrogen-bond donors (Lipinski definition) is 1. The van der Waals surface area contributed by atoms with E-state index in [1.807, 2.05) is 6.92 Å². The summed E-state index contributed by atoms with van der Waals surface area (Å²) in [5.74, 6) is -0.133. The van der Waals surface area contributed by atoms with Crippen LogP contribution in [0.5, 0.6) is 0 Å². The van der Waals surface area contributed by atoms with Crippen LogP contribution in [0.15, 0.2) is 5.10 Å². The standard InChI is InChI=1S/C13H20N4O3/c1-2-3-12(19)16-6-8-17(9-7-16)13(20)10-4-5-11(18)15-14-10/h2-9H2,1H3,(H,15,18). The monoisotopic (exact) mass is 280 g/mol. The first-order valence-corrected chi connectivity index (χ1v) is 7.04. The van der Waals surface area contributed by atoms with Crippen LogP contribution >= 0.6 is 0 Å². The van der Waals surface area contributed by atoms with Crippen molar-refractivity contribution in [3.63, 3.8) is 0 Å². The first kappa shape index (κ1) is 14.5. The molecule has 0 aromatic carbocycles. The Morgan fingerprint density at radius 3 is 2.35 bits per heavy atom. The Labute approximate surface area is 118 Å². The first-order valence-electron chi connectivity index (χ1n) is 7.04. The van der Waals surface area contributed by atoms with Gasteiger partial charge in [-0.05, 0) is 6.42 Å². The van der Waals surface area contributed by atoms with Gasteiger partial charge in [-0.15, -0.1) is 0 Å². The van der Waals surface area contributed by atoms with Gasteiger partial charge >= 0.3 is 0 Å². The Kier molecular flexibility index (Phi) is 4.70. The van der Waals surface area contributed by atoms with E-state index in [9.17, 15) is 14.4 Å². The van der Waals surface area contributed by atoms with Gasteiger partial charge in [0, 0.05) is 45.4 Å². The second-order valence-electron chi connectivity index (χ2n) is 5.02. The van der Waals surface area contributed by atoms with Gasteiger partial charge in [0.1, 0.15) is 5.71 Å². The van der Waals surface area contributed by atoms with Crippen LogP contribution in [0, 0.1) is 0 Å². The maximum absolute atomic E-state index is 12.2. The van der Waals surface area contributed by atoms with Crippen LogP contribution < -0.4 is 5.43 Å². The molecule has 0 saturated carbocycles. The molecule has 1 N–H and O–H groups in total. The molecule has 0 unspecified atom stereocenters. The fourth-order valence-electron chi connectivity index (χ4n) is 2.34. The third-order valence-corrected chi connectivity index (χ3v) is 3.53. The van der Waals surface area contributed by atoms with Gasteiger partial charge in [0.2, 0.25) is 11.8 Å². The van der Waals surface area contributed by atoms with E-state index in [0.29, 0.717) is 51.2 Å². The average Bonchev–Trinajstić information content (AvgIpc) is 2.48. The van der Waals surface area contributed by atoms with Crippen molar-refractivity contribution in [3.05, 3.63) is 0 Å². The molecule has 2 heterocycles. The molecule has 0 aliphatic carbocycles. The molecule has 110 valence electrons. The summed E-state index contributed by atoms with van der Waals surface area (Å²) in [6.45, 7) is 4.18. The van der Waals surface area contributed by atoms with Gasteiger partial charge in [-0.25, -0.2) is 5.43 Å². The normalized spacial score (nSPS) is 19.4. The van der Waals surface area contributed by atoms with Crippen LogP contribution in [0.4, 0.5) is 0 Å². The van der Waals surface area contributed by atoms with Gasteiger partial charge in [0.05, 0.1) is 0 Å². The lowest BCUT2D eigenvalue weighted by Gasteiger charge is -2.35. The quantitative estimate of drug-likeness (QED) is 0.772. The van der Waals surface area contributed by atoms with E-state index in [0.717, 1.165) is 6.42 Å². The molecule has 2 rings (SSSR count). The van der Waals surface area contributed by atoms with Gasteiger partial charge in [0.15, 0.2) is 0 Å². The van der Waals surface area contributed by atoms with Crippen molar-refractivity contribution in [1.82, 2.24) is 15.2 Å². The molecule has 7 heteroatoms. The zero-order valence-electron chi connectivity index (χ0n) is 11.7. The van der Waals surface area contributed by atoms with Crippen molar-refractivity contribution in [3.8, 4) is 0 Å². The van der Waals surface area contributed by atoms with Crippen molar-refractivity contribution >= 4 is 23.4 Å². The fourth-order valence-corrected chi connectivity index (χ4v) is 2.34. The van der Waals surface area contributed by atoms with E-state index in [2.05, 4.69) is 10.5 Å². The SMILES string of the molecule is CCCC(=O)N1CCN(C(=O)C2=NNC(=O)CC2)CC1. The minimum Gasteiger partial charge on any atom is -0.339 e. The summed E-state index contributed by atoms with van der Waals surface area (Å²) in [6, 6.07) is 0. The molecule has 0 aromatic rings. The van der Waals surface area contributed by atoms with E-state index in [4.69, 9.17) is 0 Å². The highest BCUT2D eigenvalue weighted by Gasteiger charge is 2.27. The average molecular weight is 280 g/mol. The molecule has 2 aliphatic heterocycles. The minimum absolute atomic E-state index is 0.132. The highest BCUT2D eigenvalue weighted by atomic mass is 16.2. The topological polar surface area (TPSA) is 82.1 Å². The summed E-state index contributed by atoms with van der Waals surface area (Å²) in [4.78, 5) is 38.5. The Hall–Kier alpha value is -1.92. The summed E-state index contributed by atoms with van der Waals surface area (Å²) >= 11 is 0. The van der Waals surface area contributed by atoms with E-state index in [1.165, 1.54) is 0 Å². The van der Waals surface area contributed by atoms with E-state index in [-0.39, 0.29) is 17.7 Å². The first-order chi connectivity index (χ1) is 9.61. The molecule has 3 amide bonds. The van der Waals surface area contributed by atoms with Gasteiger partial charge in [0.25, 0.3) is 5.91 Å². The number of piperazine rings is 1. The smallest absolute Gasteiger partial charge is 0.270 e. The van der Waals surface area contributed by atoms with Gasteiger partial charge in [-0.3, -0.25) is 14.4 Å². The number of rotatable bonds is 3. The molecule has 7 nitrogen and oxygen atoms in total. The van der Waals surface area contributed by atoms with E-state index in [1.54, 1.807) is 9.80 Å². The predicted octanol–water partition coefficient (Wildman–Crippen LogP) is -0.277. The molecule has 1 saturated heterocycles. The molecular formula is C13H20N4O3. The Balaban J connectivity index is 1.86.